The van der Waals surface area contributed by atoms with Gasteiger partial charge in [0.25, 0.3) is 0 Å². The first-order valence-corrected chi connectivity index (χ1v) is 25.0. The Morgan fingerprint density at radius 3 is 1.47 bits per heavy atom. The molecule has 2 saturated carbocycles. The summed E-state index contributed by atoms with van der Waals surface area (Å²) in [6, 6.07) is 27.0. The topological polar surface area (TPSA) is 189 Å². The highest BCUT2D eigenvalue weighted by Gasteiger charge is 2.57. The molecule has 4 saturated heterocycles. The lowest BCUT2D eigenvalue weighted by Gasteiger charge is -2.44. The third-order valence-electron chi connectivity index (χ3n) is 14.7. The molecule has 0 spiro atoms. The summed E-state index contributed by atoms with van der Waals surface area (Å²) < 4.78 is 46.5. The molecule has 4 aromatic carbocycles. The van der Waals surface area contributed by atoms with Crippen LogP contribution in [0, 0.1) is 29.6 Å². The molecule has 4 aromatic rings. The van der Waals surface area contributed by atoms with Crippen LogP contribution in [0.5, 0.6) is 11.5 Å². The highest BCUT2D eigenvalue weighted by atomic mass is 35.5. The fraction of sp³-hybridized carbons (Fsp3) is 0.519. The average molecular weight is 1010 g/mol. The second-order valence-electron chi connectivity index (χ2n) is 19.5. The van der Waals surface area contributed by atoms with E-state index in [1.807, 2.05) is 74.5 Å². The summed E-state index contributed by atoms with van der Waals surface area (Å²) >= 11 is 13.0. The fourth-order valence-electron chi connectivity index (χ4n) is 10.5. The summed E-state index contributed by atoms with van der Waals surface area (Å²) in [5.74, 6) is 2.81. The van der Waals surface area contributed by atoms with E-state index in [4.69, 9.17) is 61.1 Å². The maximum absolute atomic E-state index is 12.0. The molecule has 6 unspecified atom stereocenters. The number of fused-ring (bicyclic) bond motifs is 2. The molecule has 2 aliphatic carbocycles. The Labute approximate surface area is 418 Å². The number of ether oxygens (including phenoxy) is 8. The third-order valence-corrected chi connectivity index (χ3v) is 15.4. The standard InChI is InChI=1S/C30H35ClO7.C24H27ClO7/c1-5-26-16(2)27(35-17(3)32)30(36-18(4)33)28(38-26)20-8-11-25(31)21(13-20)12-19-6-9-22(10-7-19)37-29-23-14-34-15-24(23)29;25-18-6-3-13(23-22(29)21(28)20(27)19(9-26)32-23)8-14(18)7-12-1-4-15(5-2-12)31-24-16-10-30-11-17(16)24/h6-11,13,16,23-24,26-30H,5,12,14-15H2,1-4H3;1-6,8,16-17,19-24,26-29H,7,9-11H2/t16-,23?,24?,26-,27+,28?,29?,30-;16?,17?,19-,20-,21+,22-,23?,24?/m11/s1. The van der Waals surface area contributed by atoms with Crippen molar-refractivity contribution in [3.05, 3.63) is 128 Å². The molecule has 14 atom stereocenters. The van der Waals surface area contributed by atoms with Crippen LogP contribution in [-0.2, 0) is 50.9 Å². The summed E-state index contributed by atoms with van der Waals surface area (Å²) in [4.78, 5) is 24.0. The van der Waals surface area contributed by atoms with Crippen molar-refractivity contribution in [1.82, 2.24) is 0 Å². The fourth-order valence-corrected chi connectivity index (χ4v) is 10.9. The molecule has 0 amide bonds. The maximum Gasteiger partial charge on any atom is 0.303 e. The second kappa shape index (κ2) is 21.8. The van der Waals surface area contributed by atoms with Gasteiger partial charge >= 0.3 is 11.9 Å². The van der Waals surface area contributed by atoms with Crippen molar-refractivity contribution in [3.63, 3.8) is 0 Å². The van der Waals surface area contributed by atoms with Gasteiger partial charge in [0.2, 0.25) is 0 Å². The van der Waals surface area contributed by atoms with E-state index in [9.17, 15) is 30.0 Å². The molecule has 0 aromatic heterocycles. The van der Waals surface area contributed by atoms with Gasteiger partial charge in [0.05, 0.1) is 39.1 Å². The first kappa shape index (κ1) is 50.6. The number of carbonyl (C=O) groups is 2. The van der Waals surface area contributed by atoms with E-state index in [0.717, 1.165) is 72.2 Å². The molecule has 14 nitrogen and oxygen atoms in total. The van der Waals surface area contributed by atoms with Crippen LogP contribution in [-0.4, -0.2) is 120 Å². The lowest BCUT2D eigenvalue weighted by Crippen LogP contribution is -2.55. The van der Waals surface area contributed by atoms with Crippen molar-refractivity contribution >= 4 is 35.1 Å². The largest absolute Gasteiger partial charge is 0.490 e. The number of carbonyl (C=O) groups excluding carboxylic acids is 2. The number of rotatable bonds is 14. The number of aliphatic hydroxyl groups excluding tert-OH is 4. The van der Waals surface area contributed by atoms with Crippen molar-refractivity contribution in [3.8, 4) is 11.5 Å². The van der Waals surface area contributed by atoms with Crippen LogP contribution in [0.25, 0.3) is 0 Å². The van der Waals surface area contributed by atoms with Crippen LogP contribution in [0.15, 0.2) is 84.9 Å². The van der Waals surface area contributed by atoms with Gasteiger partial charge in [-0.15, -0.1) is 0 Å². The predicted molar refractivity (Wildman–Crippen MR) is 257 cm³/mol. The van der Waals surface area contributed by atoms with Gasteiger partial charge in [0, 0.05) is 53.5 Å². The molecule has 4 aliphatic heterocycles. The monoisotopic (exact) mass is 1000 g/mol. The zero-order chi connectivity index (χ0) is 49.4. The summed E-state index contributed by atoms with van der Waals surface area (Å²) in [5, 5.41) is 41.2. The molecule has 376 valence electrons. The number of esters is 2. The van der Waals surface area contributed by atoms with Crippen LogP contribution in [0.3, 0.4) is 0 Å². The first-order chi connectivity index (χ1) is 33.7. The quantitative estimate of drug-likeness (QED) is 0.0969. The number of hydrogen-bond acceptors (Lipinski definition) is 14. The smallest absolute Gasteiger partial charge is 0.303 e. The Bertz CT molecular complexity index is 2430. The highest BCUT2D eigenvalue weighted by molar-refractivity contribution is 6.31. The molecule has 4 N–H and O–H groups in total. The van der Waals surface area contributed by atoms with E-state index < -0.39 is 67.4 Å². The zero-order valence-electron chi connectivity index (χ0n) is 39.6. The SMILES string of the molecule is CC[C@H]1OC(c2ccc(Cl)c(Cc3ccc(OC4C5COCC54)cc3)c2)[C@H](OC(C)=O)[C@@H](OC(C)=O)[C@@H]1C.OC[C@H]1OC(c2ccc(Cl)c(Cc3ccc(OC4C5COCC54)cc3)c2)[C@H](O)[C@@H](O)[C@@H]1O. The van der Waals surface area contributed by atoms with Crippen LogP contribution < -0.4 is 9.47 Å². The second-order valence-corrected chi connectivity index (χ2v) is 20.3. The zero-order valence-corrected chi connectivity index (χ0v) is 41.1. The van der Waals surface area contributed by atoms with Gasteiger partial charge in [-0.3, -0.25) is 9.59 Å². The Hall–Kier alpha value is -4.32. The van der Waals surface area contributed by atoms with Crippen molar-refractivity contribution in [2.24, 2.45) is 29.6 Å². The first-order valence-electron chi connectivity index (χ1n) is 24.2. The van der Waals surface area contributed by atoms with Gasteiger partial charge < -0.3 is 58.3 Å². The van der Waals surface area contributed by atoms with Gasteiger partial charge in [-0.05, 0) is 89.0 Å². The lowest BCUT2D eigenvalue weighted by atomic mass is 9.84. The summed E-state index contributed by atoms with van der Waals surface area (Å²) in [6.45, 7) is 9.40. The Morgan fingerprint density at radius 2 is 1.03 bits per heavy atom. The molecule has 6 aliphatic rings. The van der Waals surface area contributed by atoms with Crippen LogP contribution in [0.4, 0.5) is 0 Å². The normalized spacial score (nSPS) is 33.7. The number of aliphatic hydroxyl groups is 4. The molecule has 6 fully saturated rings. The molecule has 4 heterocycles. The molecule has 70 heavy (non-hydrogen) atoms. The van der Waals surface area contributed by atoms with Crippen molar-refractivity contribution in [1.29, 1.82) is 0 Å². The third kappa shape index (κ3) is 11.2. The lowest BCUT2D eigenvalue weighted by molar-refractivity contribution is -0.231. The highest BCUT2D eigenvalue weighted by Crippen LogP contribution is 2.48. The Kier molecular flexibility index (Phi) is 15.8. The van der Waals surface area contributed by atoms with E-state index >= 15 is 0 Å². The van der Waals surface area contributed by atoms with Crippen molar-refractivity contribution < 1.29 is 67.9 Å². The molecule has 10 rings (SSSR count). The minimum Gasteiger partial charge on any atom is -0.490 e. The van der Waals surface area contributed by atoms with Gasteiger partial charge in [0.1, 0.15) is 66.4 Å². The molecular weight excluding hydrogens is 943 g/mol. The number of halogens is 2. The minimum absolute atomic E-state index is 0.139. The Morgan fingerprint density at radius 1 is 0.586 bits per heavy atom. The van der Waals surface area contributed by atoms with E-state index in [1.54, 1.807) is 12.1 Å². The van der Waals surface area contributed by atoms with E-state index in [-0.39, 0.29) is 24.2 Å². The van der Waals surface area contributed by atoms with Gasteiger partial charge in [-0.25, -0.2) is 0 Å². The summed E-state index contributed by atoms with van der Waals surface area (Å²) in [5.41, 5.74) is 5.33. The molecule has 16 heteroatoms. The van der Waals surface area contributed by atoms with Gasteiger partial charge in [-0.2, -0.15) is 0 Å². The van der Waals surface area contributed by atoms with Gasteiger partial charge in [0.15, 0.2) is 6.10 Å². The number of hydrogen-bond donors (Lipinski definition) is 4. The average Bonchev–Trinajstić information content (AvgIpc) is 3.92. The van der Waals surface area contributed by atoms with Crippen LogP contribution in [0.1, 0.15) is 79.7 Å². The van der Waals surface area contributed by atoms with Gasteiger partial charge in [-0.1, -0.05) is 85.6 Å². The number of benzene rings is 4. The van der Waals surface area contributed by atoms with Crippen molar-refractivity contribution in [2.75, 3.05) is 33.0 Å². The van der Waals surface area contributed by atoms with Crippen LogP contribution >= 0.6 is 23.2 Å². The Balaban J connectivity index is 0.000000176. The minimum atomic E-state index is -1.42. The molecule has 0 radical (unpaired) electrons. The summed E-state index contributed by atoms with van der Waals surface area (Å²) in [7, 11) is 0. The predicted octanol–water partition coefficient (Wildman–Crippen LogP) is 6.77. The van der Waals surface area contributed by atoms with E-state index in [0.29, 0.717) is 52.1 Å². The molecular formula is C54H62Cl2O14. The van der Waals surface area contributed by atoms with Crippen LogP contribution in [0.2, 0.25) is 10.0 Å². The van der Waals surface area contributed by atoms with E-state index in [2.05, 4.69) is 12.1 Å². The van der Waals surface area contributed by atoms with E-state index in [1.165, 1.54) is 13.8 Å². The summed E-state index contributed by atoms with van der Waals surface area (Å²) in [6.07, 6.45) is -5.70. The maximum atomic E-state index is 12.0. The molecule has 0 bridgehead atoms. The van der Waals surface area contributed by atoms with Crippen molar-refractivity contribution in [2.45, 2.75) is 114 Å².